The number of ether oxygens (including phenoxy) is 2. The Morgan fingerprint density at radius 2 is 1.81 bits per heavy atom. The van der Waals surface area contributed by atoms with Crippen LogP contribution in [-0.4, -0.2) is 24.7 Å². The van der Waals surface area contributed by atoms with Gasteiger partial charge in [0.25, 0.3) is 5.91 Å². The fraction of sp³-hybridized carbons (Fsp3) is 0.263. The van der Waals surface area contributed by atoms with Gasteiger partial charge in [0.1, 0.15) is 0 Å². The van der Waals surface area contributed by atoms with Gasteiger partial charge >= 0.3 is 4.87 Å². The van der Waals surface area contributed by atoms with Crippen molar-refractivity contribution in [3.05, 3.63) is 51.6 Å². The van der Waals surface area contributed by atoms with E-state index in [2.05, 4.69) is 5.32 Å². The molecule has 0 radical (unpaired) electrons. The highest BCUT2D eigenvalue weighted by atomic mass is 32.1. The van der Waals surface area contributed by atoms with E-state index in [1.165, 1.54) is 18.4 Å². The van der Waals surface area contributed by atoms with Gasteiger partial charge in [-0.2, -0.15) is 0 Å². The maximum absolute atomic E-state index is 12.5. The number of benzene rings is 2. The number of hydrogen-bond acceptors (Lipinski definition) is 5. The predicted octanol–water partition coefficient (Wildman–Crippen LogP) is 3.91. The van der Waals surface area contributed by atoms with Crippen LogP contribution in [0.25, 0.3) is 10.2 Å². The zero-order chi connectivity index (χ0) is 18.8. The fourth-order valence-electron chi connectivity index (χ4n) is 2.78. The van der Waals surface area contributed by atoms with Crippen molar-refractivity contribution in [2.45, 2.75) is 19.9 Å². The Kier molecular flexibility index (Phi) is 4.99. The quantitative estimate of drug-likeness (QED) is 0.737. The third kappa shape index (κ3) is 3.30. The number of carbonyl (C=O) groups is 1. The predicted molar refractivity (Wildman–Crippen MR) is 104 cm³/mol. The molecule has 0 saturated carbocycles. The number of fused-ring (bicyclic) bond motifs is 1. The normalized spacial score (nSPS) is 11.0. The van der Waals surface area contributed by atoms with Crippen molar-refractivity contribution in [3.8, 4) is 11.5 Å². The SMILES string of the molecule is COc1ccc(C(=O)Nc2ccc3c(c2)sc(=O)n3C(C)C)cc1OC. The molecule has 3 rings (SSSR count). The van der Waals surface area contributed by atoms with E-state index in [1.54, 1.807) is 35.9 Å². The maximum Gasteiger partial charge on any atom is 0.308 e. The second kappa shape index (κ2) is 7.21. The molecule has 1 aromatic heterocycles. The van der Waals surface area contributed by atoms with Crippen LogP contribution in [0.3, 0.4) is 0 Å². The first-order valence-electron chi connectivity index (χ1n) is 8.13. The number of anilines is 1. The minimum absolute atomic E-state index is 0.00151. The van der Waals surface area contributed by atoms with Crippen LogP contribution in [0, 0.1) is 0 Å². The van der Waals surface area contributed by atoms with Crippen LogP contribution in [0.2, 0.25) is 0 Å². The molecule has 26 heavy (non-hydrogen) atoms. The zero-order valence-electron chi connectivity index (χ0n) is 15.0. The molecule has 1 heterocycles. The van der Waals surface area contributed by atoms with Crippen LogP contribution in [-0.2, 0) is 0 Å². The molecule has 0 bridgehead atoms. The molecule has 0 saturated heterocycles. The first-order chi connectivity index (χ1) is 12.4. The molecular formula is C19H20N2O4S. The molecule has 0 aliphatic rings. The maximum atomic E-state index is 12.5. The van der Waals surface area contributed by atoms with E-state index in [4.69, 9.17) is 9.47 Å². The minimum Gasteiger partial charge on any atom is -0.493 e. The summed E-state index contributed by atoms with van der Waals surface area (Å²) in [7, 11) is 3.07. The zero-order valence-corrected chi connectivity index (χ0v) is 15.8. The van der Waals surface area contributed by atoms with Crippen LogP contribution >= 0.6 is 11.3 Å². The van der Waals surface area contributed by atoms with Gasteiger partial charge in [-0.1, -0.05) is 11.3 Å². The highest BCUT2D eigenvalue weighted by Crippen LogP contribution is 2.28. The van der Waals surface area contributed by atoms with E-state index < -0.39 is 0 Å². The third-order valence-corrected chi connectivity index (χ3v) is 4.95. The summed E-state index contributed by atoms with van der Waals surface area (Å²) in [6.45, 7) is 3.95. The van der Waals surface area contributed by atoms with Crippen LogP contribution in [0.15, 0.2) is 41.2 Å². The van der Waals surface area contributed by atoms with Gasteiger partial charge in [-0.05, 0) is 50.2 Å². The Balaban J connectivity index is 1.89. The molecule has 0 fully saturated rings. The van der Waals surface area contributed by atoms with Gasteiger partial charge in [0, 0.05) is 17.3 Å². The van der Waals surface area contributed by atoms with Crippen LogP contribution in [0.5, 0.6) is 11.5 Å². The first kappa shape index (κ1) is 18.0. The Bertz CT molecular complexity index is 1020. The molecule has 1 N–H and O–H groups in total. The number of nitrogens with one attached hydrogen (secondary N) is 1. The van der Waals surface area contributed by atoms with E-state index in [-0.39, 0.29) is 16.8 Å². The standard InChI is InChI=1S/C19H20N2O4S/c1-11(2)21-14-7-6-13(10-17(14)26-19(21)23)20-18(22)12-5-8-15(24-3)16(9-12)25-4/h5-11H,1-4H3,(H,20,22). The Morgan fingerprint density at radius 1 is 1.08 bits per heavy atom. The second-order valence-corrected chi connectivity index (χ2v) is 7.03. The van der Waals surface area contributed by atoms with Gasteiger partial charge in [-0.25, -0.2) is 0 Å². The van der Waals surface area contributed by atoms with Crippen molar-refractivity contribution in [2.75, 3.05) is 19.5 Å². The van der Waals surface area contributed by atoms with Crippen molar-refractivity contribution in [3.63, 3.8) is 0 Å². The molecule has 0 spiro atoms. The molecular weight excluding hydrogens is 352 g/mol. The van der Waals surface area contributed by atoms with Crippen molar-refractivity contribution >= 4 is 33.1 Å². The van der Waals surface area contributed by atoms with Crippen molar-refractivity contribution in [2.24, 2.45) is 0 Å². The number of rotatable bonds is 5. The molecule has 2 aromatic carbocycles. The first-order valence-corrected chi connectivity index (χ1v) is 8.94. The number of hydrogen-bond donors (Lipinski definition) is 1. The smallest absolute Gasteiger partial charge is 0.308 e. The summed E-state index contributed by atoms with van der Waals surface area (Å²) in [5.41, 5.74) is 1.96. The summed E-state index contributed by atoms with van der Waals surface area (Å²) in [5, 5.41) is 2.86. The molecule has 6 nitrogen and oxygen atoms in total. The summed E-state index contributed by atoms with van der Waals surface area (Å²) >= 11 is 1.17. The number of nitrogens with zero attached hydrogens (tertiary/aromatic N) is 1. The van der Waals surface area contributed by atoms with Gasteiger partial charge < -0.3 is 14.8 Å². The van der Waals surface area contributed by atoms with E-state index >= 15 is 0 Å². The number of aromatic nitrogens is 1. The topological polar surface area (TPSA) is 69.6 Å². The minimum atomic E-state index is -0.263. The summed E-state index contributed by atoms with van der Waals surface area (Å²) < 4.78 is 13.0. The van der Waals surface area contributed by atoms with Crippen LogP contribution in [0.4, 0.5) is 5.69 Å². The average Bonchev–Trinajstić information content (AvgIpc) is 2.96. The lowest BCUT2D eigenvalue weighted by Gasteiger charge is -2.11. The Morgan fingerprint density at radius 3 is 2.46 bits per heavy atom. The largest absolute Gasteiger partial charge is 0.493 e. The van der Waals surface area contributed by atoms with E-state index in [9.17, 15) is 9.59 Å². The van der Waals surface area contributed by atoms with Crippen molar-refractivity contribution in [1.29, 1.82) is 0 Å². The Hall–Kier alpha value is -2.80. The number of amides is 1. The molecule has 3 aromatic rings. The lowest BCUT2D eigenvalue weighted by atomic mass is 10.1. The summed E-state index contributed by atoms with van der Waals surface area (Å²) in [6.07, 6.45) is 0. The van der Waals surface area contributed by atoms with Gasteiger partial charge in [0.2, 0.25) is 0 Å². The highest BCUT2D eigenvalue weighted by molar-refractivity contribution is 7.16. The van der Waals surface area contributed by atoms with Crippen molar-refractivity contribution < 1.29 is 14.3 Å². The Labute approximate surface area is 155 Å². The molecule has 7 heteroatoms. The summed E-state index contributed by atoms with van der Waals surface area (Å²) in [6, 6.07) is 10.5. The fourth-order valence-corrected chi connectivity index (χ4v) is 3.84. The molecule has 0 aliphatic heterocycles. The number of thiazole rings is 1. The summed E-state index contributed by atoms with van der Waals surface area (Å²) in [5.74, 6) is 0.786. The third-order valence-electron chi connectivity index (χ3n) is 4.03. The van der Waals surface area contributed by atoms with Crippen molar-refractivity contribution in [1.82, 2.24) is 4.57 Å². The lowest BCUT2D eigenvalue weighted by molar-refractivity contribution is 0.102. The van der Waals surface area contributed by atoms with Gasteiger partial charge in [0.05, 0.1) is 24.4 Å². The second-order valence-electron chi connectivity index (χ2n) is 6.04. The van der Waals surface area contributed by atoms with E-state index in [1.807, 2.05) is 26.0 Å². The molecule has 0 unspecified atom stereocenters. The molecule has 0 aliphatic carbocycles. The van der Waals surface area contributed by atoms with Crippen LogP contribution in [0.1, 0.15) is 30.2 Å². The van der Waals surface area contributed by atoms with E-state index in [0.717, 1.165) is 10.2 Å². The van der Waals surface area contributed by atoms with Gasteiger partial charge in [0.15, 0.2) is 11.5 Å². The molecule has 1 amide bonds. The highest BCUT2D eigenvalue weighted by Gasteiger charge is 2.14. The van der Waals surface area contributed by atoms with Crippen LogP contribution < -0.4 is 19.7 Å². The molecule has 136 valence electrons. The number of methoxy groups -OCH3 is 2. The van der Waals surface area contributed by atoms with E-state index in [0.29, 0.717) is 22.7 Å². The van der Waals surface area contributed by atoms with Gasteiger partial charge in [-0.15, -0.1) is 0 Å². The number of carbonyl (C=O) groups excluding carboxylic acids is 1. The summed E-state index contributed by atoms with van der Waals surface area (Å²) in [4.78, 5) is 24.7. The van der Waals surface area contributed by atoms with Gasteiger partial charge in [-0.3, -0.25) is 14.2 Å². The monoisotopic (exact) mass is 372 g/mol. The average molecular weight is 372 g/mol. The lowest BCUT2D eigenvalue weighted by Crippen LogP contribution is -2.14. The molecule has 0 atom stereocenters.